The normalized spacial score (nSPS) is 15.6. The largest absolute Gasteiger partial charge is 0.496 e. The molecular formula is C17H12INO3. The number of nitrogens with zero attached hydrogens (tertiary/aromatic N) is 1. The highest BCUT2D eigenvalue weighted by atomic mass is 127. The summed E-state index contributed by atoms with van der Waals surface area (Å²) in [5.41, 5.74) is 1.83. The van der Waals surface area contributed by atoms with Crippen LogP contribution in [-0.2, 0) is 9.53 Å². The molecule has 3 rings (SSSR count). The first kappa shape index (κ1) is 14.8. The molecule has 0 aliphatic carbocycles. The third-order valence-electron chi connectivity index (χ3n) is 3.12. The SMILES string of the molecule is COc1ccccc1/C=C1\N=C(c2cccc(I)c2)OC1=O. The van der Waals surface area contributed by atoms with Gasteiger partial charge in [0.2, 0.25) is 5.90 Å². The summed E-state index contributed by atoms with van der Waals surface area (Å²) in [5, 5.41) is 0. The minimum atomic E-state index is -0.459. The second-order valence-corrected chi connectivity index (χ2v) is 5.83. The molecule has 2 aromatic carbocycles. The van der Waals surface area contributed by atoms with Gasteiger partial charge in [0, 0.05) is 14.7 Å². The lowest BCUT2D eigenvalue weighted by Gasteiger charge is -2.03. The molecule has 0 amide bonds. The summed E-state index contributed by atoms with van der Waals surface area (Å²) in [6, 6.07) is 15.1. The highest BCUT2D eigenvalue weighted by molar-refractivity contribution is 14.1. The van der Waals surface area contributed by atoms with Gasteiger partial charge in [-0.2, -0.15) is 0 Å². The molecule has 5 heteroatoms. The lowest BCUT2D eigenvalue weighted by Crippen LogP contribution is -2.05. The number of halogens is 1. The van der Waals surface area contributed by atoms with Crippen LogP contribution in [-0.4, -0.2) is 19.0 Å². The molecule has 22 heavy (non-hydrogen) atoms. The van der Waals surface area contributed by atoms with Crippen LogP contribution < -0.4 is 4.74 Å². The maximum atomic E-state index is 12.0. The fourth-order valence-electron chi connectivity index (χ4n) is 2.09. The Balaban J connectivity index is 1.98. The van der Waals surface area contributed by atoms with Gasteiger partial charge in [0.25, 0.3) is 0 Å². The van der Waals surface area contributed by atoms with E-state index in [9.17, 15) is 4.79 Å². The Morgan fingerprint density at radius 3 is 2.77 bits per heavy atom. The highest BCUT2D eigenvalue weighted by Crippen LogP contribution is 2.24. The molecule has 0 aromatic heterocycles. The quantitative estimate of drug-likeness (QED) is 0.445. The number of hydrogen-bond donors (Lipinski definition) is 0. The minimum absolute atomic E-state index is 0.262. The van der Waals surface area contributed by atoms with Gasteiger partial charge in [-0.05, 0) is 52.9 Å². The minimum Gasteiger partial charge on any atom is -0.496 e. The van der Waals surface area contributed by atoms with E-state index in [-0.39, 0.29) is 5.70 Å². The van der Waals surface area contributed by atoms with Crippen molar-refractivity contribution in [2.24, 2.45) is 4.99 Å². The predicted molar refractivity (Wildman–Crippen MR) is 92.8 cm³/mol. The second-order valence-electron chi connectivity index (χ2n) is 4.59. The molecule has 0 unspecified atom stereocenters. The van der Waals surface area contributed by atoms with E-state index >= 15 is 0 Å². The molecule has 0 saturated carbocycles. The van der Waals surface area contributed by atoms with Gasteiger partial charge in [-0.25, -0.2) is 9.79 Å². The topological polar surface area (TPSA) is 47.9 Å². The number of carbonyl (C=O) groups excluding carboxylic acids is 1. The lowest BCUT2D eigenvalue weighted by atomic mass is 10.1. The molecule has 1 heterocycles. The Morgan fingerprint density at radius 1 is 1.18 bits per heavy atom. The van der Waals surface area contributed by atoms with Crippen LogP contribution >= 0.6 is 22.6 Å². The summed E-state index contributed by atoms with van der Waals surface area (Å²) in [4.78, 5) is 16.3. The number of ether oxygens (including phenoxy) is 2. The number of methoxy groups -OCH3 is 1. The van der Waals surface area contributed by atoms with E-state index in [0.717, 1.165) is 14.7 Å². The molecule has 0 fully saturated rings. The van der Waals surface area contributed by atoms with E-state index < -0.39 is 5.97 Å². The van der Waals surface area contributed by atoms with Crippen LogP contribution in [0.2, 0.25) is 0 Å². The summed E-state index contributed by atoms with van der Waals surface area (Å²) < 4.78 is 11.6. The molecule has 0 saturated heterocycles. The van der Waals surface area contributed by atoms with Crippen molar-refractivity contribution in [3.63, 3.8) is 0 Å². The number of carbonyl (C=O) groups is 1. The maximum absolute atomic E-state index is 12.0. The molecule has 1 aliphatic heterocycles. The van der Waals surface area contributed by atoms with Crippen LogP contribution in [0.3, 0.4) is 0 Å². The number of benzene rings is 2. The van der Waals surface area contributed by atoms with Gasteiger partial charge in [0.15, 0.2) is 5.70 Å². The molecule has 2 aromatic rings. The molecule has 4 nitrogen and oxygen atoms in total. The van der Waals surface area contributed by atoms with Crippen LogP contribution in [0.1, 0.15) is 11.1 Å². The van der Waals surface area contributed by atoms with Crippen LogP contribution in [0.25, 0.3) is 6.08 Å². The van der Waals surface area contributed by atoms with Gasteiger partial charge in [-0.15, -0.1) is 0 Å². The number of cyclic esters (lactones) is 1. The molecular weight excluding hydrogens is 393 g/mol. The van der Waals surface area contributed by atoms with Crippen molar-refractivity contribution in [2.75, 3.05) is 7.11 Å². The molecule has 0 radical (unpaired) electrons. The van der Waals surface area contributed by atoms with Crippen molar-refractivity contribution >= 4 is 40.5 Å². The fraction of sp³-hybridized carbons (Fsp3) is 0.0588. The summed E-state index contributed by atoms with van der Waals surface area (Å²) in [6.45, 7) is 0. The Kier molecular flexibility index (Phi) is 4.24. The van der Waals surface area contributed by atoms with Gasteiger partial charge < -0.3 is 9.47 Å². The average Bonchev–Trinajstić information content (AvgIpc) is 2.89. The van der Waals surface area contributed by atoms with Gasteiger partial charge in [-0.3, -0.25) is 0 Å². The number of esters is 1. The Hall–Kier alpha value is -2.15. The summed E-state index contributed by atoms with van der Waals surface area (Å²) in [7, 11) is 1.59. The average molecular weight is 405 g/mol. The van der Waals surface area contributed by atoms with E-state index in [1.54, 1.807) is 13.2 Å². The first-order valence-corrected chi connectivity index (χ1v) is 7.67. The van der Waals surface area contributed by atoms with Gasteiger partial charge in [0.05, 0.1) is 7.11 Å². The summed E-state index contributed by atoms with van der Waals surface area (Å²) in [5.74, 6) is 0.546. The second kappa shape index (κ2) is 6.31. The van der Waals surface area contributed by atoms with Crippen molar-refractivity contribution in [2.45, 2.75) is 0 Å². The first-order chi connectivity index (χ1) is 10.7. The van der Waals surface area contributed by atoms with E-state index in [0.29, 0.717) is 11.6 Å². The molecule has 1 aliphatic rings. The Bertz CT molecular complexity index is 796. The van der Waals surface area contributed by atoms with Crippen molar-refractivity contribution < 1.29 is 14.3 Å². The van der Waals surface area contributed by atoms with E-state index in [2.05, 4.69) is 27.6 Å². The molecule has 0 N–H and O–H groups in total. The Morgan fingerprint density at radius 2 is 2.00 bits per heavy atom. The molecule has 0 bridgehead atoms. The van der Waals surface area contributed by atoms with Crippen molar-refractivity contribution in [3.8, 4) is 5.75 Å². The fourth-order valence-corrected chi connectivity index (χ4v) is 2.63. The van der Waals surface area contributed by atoms with Gasteiger partial charge >= 0.3 is 5.97 Å². The molecule has 0 spiro atoms. The van der Waals surface area contributed by atoms with Crippen molar-refractivity contribution in [3.05, 3.63) is 68.9 Å². The maximum Gasteiger partial charge on any atom is 0.363 e. The zero-order chi connectivity index (χ0) is 15.5. The van der Waals surface area contributed by atoms with Gasteiger partial charge in [-0.1, -0.05) is 24.3 Å². The van der Waals surface area contributed by atoms with Crippen LogP contribution in [0.5, 0.6) is 5.75 Å². The molecule has 0 atom stereocenters. The van der Waals surface area contributed by atoms with Crippen molar-refractivity contribution in [1.29, 1.82) is 0 Å². The first-order valence-electron chi connectivity index (χ1n) is 6.59. The lowest BCUT2D eigenvalue weighted by molar-refractivity contribution is -0.129. The third kappa shape index (κ3) is 3.04. The van der Waals surface area contributed by atoms with E-state index in [1.165, 1.54) is 0 Å². The van der Waals surface area contributed by atoms with Crippen LogP contribution in [0, 0.1) is 3.57 Å². The zero-order valence-corrected chi connectivity index (χ0v) is 13.9. The number of hydrogen-bond acceptors (Lipinski definition) is 4. The van der Waals surface area contributed by atoms with Crippen LogP contribution in [0.4, 0.5) is 0 Å². The van der Waals surface area contributed by atoms with Crippen molar-refractivity contribution in [1.82, 2.24) is 0 Å². The zero-order valence-electron chi connectivity index (χ0n) is 11.7. The predicted octanol–water partition coefficient (Wildman–Crippen LogP) is 3.64. The van der Waals surface area contributed by atoms with Crippen LogP contribution in [0.15, 0.2) is 59.2 Å². The molecule has 110 valence electrons. The smallest absolute Gasteiger partial charge is 0.363 e. The van der Waals surface area contributed by atoms with E-state index in [1.807, 2.05) is 48.5 Å². The third-order valence-corrected chi connectivity index (χ3v) is 3.79. The Labute approximate surface area is 141 Å². The standard InChI is InChI=1S/C17H12INO3/c1-21-15-8-3-2-5-11(15)10-14-17(20)22-16(19-14)12-6-4-7-13(18)9-12/h2-10H,1H3/b14-10-. The summed E-state index contributed by atoms with van der Waals surface area (Å²) in [6.07, 6.45) is 1.67. The number of rotatable bonds is 3. The monoisotopic (exact) mass is 405 g/mol. The van der Waals surface area contributed by atoms with Gasteiger partial charge in [0.1, 0.15) is 5.75 Å². The van der Waals surface area contributed by atoms with E-state index in [4.69, 9.17) is 9.47 Å². The number of para-hydroxylation sites is 1. The summed E-state index contributed by atoms with van der Waals surface area (Å²) >= 11 is 2.20. The highest BCUT2D eigenvalue weighted by Gasteiger charge is 2.24. The number of aliphatic imine (C=N–C) groups is 1.